The van der Waals surface area contributed by atoms with Gasteiger partial charge in [0.2, 0.25) is 5.91 Å². The van der Waals surface area contributed by atoms with Crippen molar-refractivity contribution >= 4 is 22.6 Å². The fourth-order valence-corrected chi connectivity index (χ4v) is 3.10. The van der Waals surface area contributed by atoms with Crippen LogP contribution in [-0.4, -0.2) is 21.1 Å². The van der Waals surface area contributed by atoms with Gasteiger partial charge in [0.1, 0.15) is 11.6 Å². The van der Waals surface area contributed by atoms with E-state index in [-0.39, 0.29) is 11.7 Å². The second kappa shape index (κ2) is 6.84. The number of fused-ring (bicyclic) bond motifs is 1. The summed E-state index contributed by atoms with van der Waals surface area (Å²) in [7, 11) is 0. The molecule has 0 bridgehead atoms. The van der Waals surface area contributed by atoms with Crippen LogP contribution in [0.1, 0.15) is 12.0 Å². The first kappa shape index (κ1) is 16.1. The third kappa shape index (κ3) is 3.21. The van der Waals surface area contributed by atoms with Gasteiger partial charge in [0, 0.05) is 29.1 Å². The molecule has 2 aromatic heterocycles. The third-order valence-corrected chi connectivity index (χ3v) is 4.32. The maximum Gasteiger partial charge on any atom is 0.225 e. The smallest absolute Gasteiger partial charge is 0.225 e. The first-order chi connectivity index (χ1) is 12.7. The molecule has 2 aromatic carbocycles. The Morgan fingerprint density at radius 1 is 1.08 bits per heavy atom. The van der Waals surface area contributed by atoms with E-state index < -0.39 is 0 Å². The molecule has 0 spiro atoms. The van der Waals surface area contributed by atoms with Gasteiger partial charge in [-0.1, -0.05) is 18.2 Å². The summed E-state index contributed by atoms with van der Waals surface area (Å²) in [6.07, 6.45) is 2.48. The van der Waals surface area contributed by atoms with Gasteiger partial charge < -0.3 is 10.3 Å². The summed E-state index contributed by atoms with van der Waals surface area (Å²) in [5.41, 5.74) is 3.86. The Morgan fingerprint density at radius 2 is 1.88 bits per heavy atom. The first-order valence-electron chi connectivity index (χ1n) is 8.35. The van der Waals surface area contributed by atoms with Crippen molar-refractivity contribution in [2.24, 2.45) is 0 Å². The number of rotatable bonds is 5. The van der Waals surface area contributed by atoms with E-state index >= 15 is 0 Å². The Hall–Kier alpha value is -3.41. The minimum absolute atomic E-state index is 0.0930. The summed E-state index contributed by atoms with van der Waals surface area (Å²) in [5.74, 6) is 0.211. The van der Waals surface area contributed by atoms with Crippen LogP contribution in [-0.2, 0) is 11.2 Å². The summed E-state index contributed by atoms with van der Waals surface area (Å²) in [4.78, 5) is 15.6. The van der Waals surface area contributed by atoms with Crippen molar-refractivity contribution in [1.29, 1.82) is 0 Å². The molecule has 0 aliphatic carbocycles. The molecule has 2 heterocycles. The number of aromatic amines is 2. The molecule has 3 N–H and O–H groups in total. The molecule has 0 fully saturated rings. The van der Waals surface area contributed by atoms with Gasteiger partial charge in [-0.15, -0.1) is 0 Å². The average Bonchev–Trinajstić information content (AvgIpc) is 3.28. The van der Waals surface area contributed by atoms with Gasteiger partial charge in [0.25, 0.3) is 0 Å². The molecule has 6 heteroatoms. The first-order valence-corrected chi connectivity index (χ1v) is 8.35. The molecule has 5 nitrogen and oxygen atoms in total. The maximum absolute atomic E-state index is 13.3. The number of hydrogen-bond acceptors (Lipinski definition) is 2. The summed E-state index contributed by atoms with van der Waals surface area (Å²) in [5, 5.41) is 10.4. The van der Waals surface area contributed by atoms with Gasteiger partial charge in [0.15, 0.2) is 0 Å². The molecule has 0 atom stereocenters. The monoisotopic (exact) mass is 348 g/mol. The lowest BCUT2D eigenvalue weighted by molar-refractivity contribution is -0.116. The van der Waals surface area contributed by atoms with E-state index in [1.807, 2.05) is 24.3 Å². The summed E-state index contributed by atoms with van der Waals surface area (Å²) in [6.45, 7) is 0. The molecule has 0 aliphatic rings. The zero-order chi connectivity index (χ0) is 17.9. The lowest BCUT2D eigenvalue weighted by atomic mass is 10.0. The Labute approximate surface area is 149 Å². The number of aryl methyl sites for hydroxylation is 1. The van der Waals surface area contributed by atoms with Gasteiger partial charge in [-0.2, -0.15) is 5.10 Å². The van der Waals surface area contributed by atoms with Gasteiger partial charge in [-0.25, -0.2) is 4.39 Å². The second-order valence-corrected chi connectivity index (χ2v) is 6.05. The van der Waals surface area contributed by atoms with E-state index in [9.17, 15) is 9.18 Å². The lowest BCUT2D eigenvalue weighted by Crippen LogP contribution is -2.12. The van der Waals surface area contributed by atoms with Crippen LogP contribution >= 0.6 is 0 Å². The predicted molar refractivity (Wildman–Crippen MR) is 99.2 cm³/mol. The highest BCUT2D eigenvalue weighted by molar-refractivity contribution is 5.93. The van der Waals surface area contributed by atoms with Gasteiger partial charge in [0.05, 0.1) is 6.20 Å². The molecule has 0 saturated heterocycles. The summed E-state index contributed by atoms with van der Waals surface area (Å²) >= 11 is 0. The van der Waals surface area contributed by atoms with Crippen molar-refractivity contribution in [1.82, 2.24) is 15.2 Å². The SMILES string of the molecule is O=C(CCc1c(-c2ccc(F)cc2)[nH]c2ccccc12)Nc1ccn[nH]1. The number of H-pyrrole nitrogens is 2. The van der Waals surface area contributed by atoms with Crippen molar-refractivity contribution in [3.05, 3.63) is 72.2 Å². The number of nitrogens with one attached hydrogen (secondary N) is 3. The van der Waals surface area contributed by atoms with E-state index in [0.717, 1.165) is 27.7 Å². The molecule has 130 valence electrons. The van der Waals surface area contributed by atoms with Crippen LogP contribution in [0.15, 0.2) is 60.8 Å². The highest BCUT2D eigenvalue weighted by Crippen LogP contribution is 2.31. The Kier molecular flexibility index (Phi) is 4.23. The number of carbonyl (C=O) groups excluding carboxylic acids is 1. The van der Waals surface area contributed by atoms with Crippen molar-refractivity contribution in [3.8, 4) is 11.3 Å². The van der Waals surface area contributed by atoms with Crippen LogP contribution in [0.4, 0.5) is 10.2 Å². The number of nitrogens with zero attached hydrogens (tertiary/aromatic N) is 1. The number of benzene rings is 2. The predicted octanol–water partition coefficient (Wildman–Crippen LogP) is 4.27. The third-order valence-electron chi connectivity index (χ3n) is 4.32. The number of para-hydroxylation sites is 1. The zero-order valence-electron chi connectivity index (χ0n) is 13.9. The van der Waals surface area contributed by atoms with Crippen molar-refractivity contribution < 1.29 is 9.18 Å². The molecular formula is C20H17FN4O. The highest BCUT2D eigenvalue weighted by Gasteiger charge is 2.14. The number of anilines is 1. The standard InChI is InChI=1S/C20H17FN4O/c21-14-7-5-13(6-8-14)20-16(15-3-1-2-4-17(15)23-20)9-10-19(26)24-18-11-12-22-25-18/h1-8,11-12,23H,9-10H2,(H2,22,24,25,26). The molecule has 0 unspecified atom stereocenters. The fourth-order valence-electron chi connectivity index (χ4n) is 3.10. The number of hydrogen-bond donors (Lipinski definition) is 3. The molecule has 0 radical (unpaired) electrons. The largest absolute Gasteiger partial charge is 0.354 e. The number of amides is 1. The molecule has 26 heavy (non-hydrogen) atoms. The minimum atomic E-state index is -0.273. The second-order valence-electron chi connectivity index (χ2n) is 6.05. The molecule has 4 aromatic rings. The van der Waals surface area contributed by atoms with E-state index in [1.54, 1.807) is 24.4 Å². The van der Waals surface area contributed by atoms with Gasteiger partial charge >= 0.3 is 0 Å². The molecular weight excluding hydrogens is 331 g/mol. The lowest BCUT2D eigenvalue weighted by Gasteiger charge is -2.06. The normalized spacial score (nSPS) is 11.0. The van der Waals surface area contributed by atoms with E-state index in [2.05, 4.69) is 20.5 Å². The van der Waals surface area contributed by atoms with Crippen molar-refractivity contribution in [3.63, 3.8) is 0 Å². The minimum Gasteiger partial charge on any atom is -0.354 e. The van der Waals surface area contributed by atoms with Gasteiger partial charge in [-0.05, 0) is 47.9 Å². The van der Waals surface area contributed by atoms with Crippen LogP contribution in [0.25, 0.3) is 22.2 Å². The maximum atomic E-state index is 13.3. The Morgan fingerprint density at radius 3 is 2.65 bits per heavy atom. The van der Waals surface area contributed by atoms with E-state index in [0.29, 0.717) is 18.7 Å². The zero-order valence-corrected chi connectivity index (χ0v) is 13.9. The highest BCUT2D eigenvalue weighted by atomic mass is 19.1. The van der Waals surface area contributed by atoms with Gasteiger partial charge in [-0.3, -0.25) is 9.89 Å². The van der Waals surface area contributed by atoms with Crippen molar-refractivity contribution in [2.45, 2.75) is 12.8 Å². The van der Waals surface area contributed by atoms with Crippen LogP contribution in [0.3, 0.4) is 0 Å². The fraction of sp³-hybridized carbons (Fsp3) is 0.100. The number of halogens is 1. The molecule has 4 rings (SSSR count). The number of aromatic nitrogens is 3. The topological polar surface area (TPSA) is 73.6 Å². The molecule has 0 aliphatic heterocycles. The molecule has 1 amide bonds. The Balaban J connectivity index is 1.63. The van der Waals surface area contributed by atoms with Crippen LogP contribution < -0.4 is 5.32 Å². The molecule has 0 saturated carbocycles. The van der Waals surface area contributed by atoms with Crippen molar-refractivity contribution in [2.75, 3.05) is 5.32 Å². The average molecular weight is 348 g/mol. The number of carbonyl (C=O) groups is 1. The summed E-state index contributed by atoms with van der Waals surface area (Å²) < 4.78 is 13.3. The van der Waals surface area contributed by atoms with Crippen LogP contribution in [0.2, 0.25) is 0 Å². The van der Waals surface area contributed by atoms with Crippen LogP contribution in [0, 0.1) is 5.82 Å². The van der Waals surface area contributed by atoms with E-state index in [1.165, 1.54) is 12.1 Å². The Bertz CT molecular complexity index is 1040. The quantitative estimate of drug-likeness (QED) is 0.504. The summed E-state index contributed by atoms with van der Waals surface area (Å²) in [6, 6.07) is 16.0. The van der Waals surface area contributed by atoms with E-state index in [4.69, 9.17) is 0 Å². The van der Waals surface area contributed by atoms with Crippen LogP contribution in [0.5, 0.6) is 0 Å².